The van der Waals surface area contributed by atoms with E-state index >= 15 is 0 Å². The van der Waals surface area contributed by atoms with Crippen molar-refractivity contribution in [3.05, 3.63) is 96.2 Å². The Hall–Kier alpha value is -3.98. The number of benzene rings is 2. The van der Waals surface area contributed by atoms with Crippen molar-refractivity contribution < 1.29 is 4.79 Å². The first-order chi connectivity index (χ1) is 15.7. The van der Waals surface area contributed by atoms with Gasteiger partial charge in [0.1, 0.15) is 5.65 Å². The molecule has 0 unspecified atom stereocenters. The van der Waals surface area contributed by atoms with E-state index in [-0.39, 0.29) is 5.91 Å². The van der Waals surface area contributed by atoms with Gasteiger partial charge in [0.25, 0.3) is 5.91 Å². The van der Waals surface area contributed by atoms with Crippen molar-refractivity contribution in [2.75, 3.05) is 5.32 Å². The third kappa shape index (κ3) is 4.23. The minimum absolute atomic E-state index is 0.174. The van der Waals surface area contributed by atoms with Crippen molar-refractivity contribution in [2.24, 2.45) is 0 Å². The number of aryl methyl sites for hydroxylation is 1. The maximum absolute atomic E-state index is 12.7. The van der Waals surface area contributed by atoms with Crippen LogP contribution < -0.4 is 5.32 Å². The van der Waals surface area contributed by atoms with E-state index in [4.69, 9.17) is 0 Å². The Labute approximate surface area is 188 Å². The quantitative estimate of drug-likeness (QED) is 0.398. The van der Waals surface area contributed by atoms with Crippen LogP contribution in [0.2, 0.25) is 0 Å². The molecule has 0 saturated heterocycles. The summed E-state index contributed by atoms with van der Waals surface area (Å²) in [6.45, 7) is 1.82. The van der Waals surface area contributed by atoms with Crippen LogP contribution in [0.5, 0.6) is 0 Å². The summed E-state index contributed by atoms with van der Waals surface area (Å²) < 4.78 is 3.63. The van der Waals surface area contributed by atoms with Crippen LogP contribution in [0.1, 0.15) is 21.9 Å². The lowest BCUT2D eigenvalue weighted by molar-refractivity contribution is 0.102. The molecule has 0 aliphatic rings. The number of nitrogens with one attached hydrogen (secondary N) is 1. The Kier molecular flexibility index (Phi) is 5.39. The fourth-order valence-corrected chi connectivity index (χ4v) is 4.09. The van der Waals surface area contributed by atoms with E-state index in [2.05, 4.69) is 25.8 Å². The van der Waals surface area contributed by atoms with Gasteiger partial charge < -0.3 is 9.72 Å². The molecule has 9 heteroatoms. The molecular formula is C23H19N7OS. The Balaban J connectivity index is 1.23. The zero-order chi connectivity index (χ0) is 21.9. The number of nitrogens with zero attached hydrogens (tertiary/aromatic N) is 6. The Morgan fingerprint density at radius 2 is 1.94 bits per heavy atom. The van der Waals surface area contributed by atoms with E-state index < -0.39 is 0 Å². The summed E-state index contributed by atoms with van der Waals surface area (Å²) in [6.07, 6.45) is 4.03. The molecule has 158 valence electrons. The first-order valence-corrected chi connectivity index (χ1v) is 11.0. The molecule has 5 rings (SSSR count). The summed E-state index contributed by atoms with van der Waals surface area (Å²) in [6, 6.07) is 20.9. The number of hydrogen-bond donors (Lipinski definition) is 1. The maximum atomic E-state index is 12.7. The number of pyridine rings is 1. The zero-order valence-electron chi connectivity index (χ0n) is 17.2. The summed E-state index contributed by atoms with van der Waals surface area (Å²) in [5.41, 5.74) is 4.00. The van der Waals surface area contributed by atoms with E-state index in [0.717, 1.165) is 27.7 Å². The number of imidazole rings is 1. The van der Waals surface area contributed by atoms with Crippen molar-refractivity contribution in [1.29, 1.82) is 0 Å². The van der Waals surface area contributed by atoms with E-state index in [0.29, 0.717) is 17.1 Å². The van der Waals surface area contributed by atoms with Crippen molar-refractivity contribution in [3.8, 4) is 5.69 Å². The van der Waals surface area contributed by atoms with Gasteiger partial charge in [-0.1, -0.05) is 12.1 Å². The third-order valence-electron chi connectivity index (χ3n) is 4.89. The van der Waals surface area contributed by atoms with Crippen LogP contribution in [0.4, 0.5) is 5.69 Å². The second-order valence-corrected chi connectivity index (χ2v) is 8.20. The van der Waals surface area contributed by atoms with Crippen LogP contribution in [0.15, 0.2) is 84.0 Å². The van der Waals surface area contributed by atoms with Gasteiger partial charge in [-0.3, -0.25) is 4.79 Å². The van der Waals surface area contributed by atoms with Crippen LogP contribution >= 0.6 is 11.8 Å². The van der Waals surface area contributed by atoms with Crippen molar-refractivity contribution in [1.82, 2.24) is 29.6 Å². The predicted molar refractivity (Wildman–Crippen MR) is 123 cm³/mol. The number of fused-ring (bicyclic) bond motifs is 1. The molecule has 0 radical (unpaired) electrons. The van der Waals surface area contributed by atoms with Gasteiger partial charge in [-0.2, -0.15) is 4.68 Å². The second kappa shape index (κ2) is 8.64. The van der Waals surface area contributed by atoms with E-state index in [1.54, 1.807) is 16.4 Å². The van der Waals surface area contributed by atoms with Crippen LogP contribution in [-0.4, -0.2) is 35.5 Å². The molecule has 0 saturated carbocycles. The summed E-state index contributed by atoms with van der Waals surface area (Å²) in [4.78, 5) is 18.4. The highest BCUT2D eigenvalue weighted by molar-refractivity contribution is 7.98. The largest absolute Gasteiger partial charge is 0.322 e. The minimum atomic E-state index is -0.174. The zero-order valence-corrected chi connectivity index (χ0v) is 18.0. The molecule has 0 spiro atoms. The smallest absolute Gasteiger partial charge is 0.255 e. The summed E-state index contributed by atoms with van der Waals surface area (Å²) in [5.74, 6) is 1.26. The van der Waals surface area contributed by atoms with E-state index in [1.165, 1.54) is 0 Å². The highest BCUT2D eigenvalue weighted by atomic mass is 32.2. The molecule has 0 bridgehead atoms. The van der Waals surface area contributed by atoms with E-state index in [9.17, 15) is 4.79 Å². The standard InChI is InChI=1S/C23H19N7OS/c1-16-26-27-28-30(16)20-6-4-5-18(13-20)25-23(31)17-8-10-21(11-9-17)32-15-19-14-29-12-3-2-7-22(29)24-19/h2-14H,15H2,1H3,(H,25,31). The van der Waals surface area contributed by atoms with Gasteiger partial charge in [-0.15, -0.1) is 16.9 Å². The molecule has 2 aromatic carbocycles. The van der Waals surface area contributed by atoms with Gasteiger partial charge in [0.2, 0.25) is 0 Å². The highest BCUT2D eigenvalue weighted by Gasteiger charge is 2.09. The molecule has 0 aliphatic heterocycles. The predicted octanol–water partition coefficient (Wildman–Crippen LogP) is 4.16. The molecule has 3 heterocycles. The van der Waals surface area contributed by atoms with Gasteiger partial charge in [0.15, 0.2) is 5.82 Å². The van der Waals surface area contributed by atoms with Gasteiger partial charge in [-0.05, 0) is 71.9 Å². The fraction of sp³-hybridized carbons (Fsp3) is 0.0870. The average molecular weight is 442 g/mol. The number of thioether (sulfide) groups is 1. The summed E-state index contributed by atoms with van der Waals surface area (Å²) in [5, 5.41) is 14.4. The third-order valence-corrected chi connectivity index (χ3v) is 5.94. The molecule has 32 heavy (non-hydrogen) atoms. The van der Waals surface area contributed by atoms with Gasteiger partial charge in [-0.25, -0.2) is 4.98 Å². The lowest BCUT2D eigenvalue weighted by Crippen LogP contribution is -2.12. The van der Waals surface area contributed by atoms with Crippen molar-refractivity contribution in [3.63, 3.8) is 0 Å². The molecular weight excluding hydrogens is 422 g/mol. The molecule has 0 aliphatic carbocycles. The van der Waals surface area contributed by atoms with Gasteiger partial charge >= 0.3 is 0 Å². The fourth-order valence-electron chi connectivity index (χ4n) is 3.31. The van der Waals surface area contributed by atoms with Gasteiger partial charge in [0.05, 0.1) is 11.4 Å². The van der Waals surface area contributed by atoms with E-state index in [1.807, 2.05) is 90.4 Å². The number of tetrazole rings is 1. The first-order valence-electron chi connectivity index (χ1n) is 9.98. The molecule has 5 aromatic rings. The molecule has 1 amide bonds. The van der Waals surface area contributed by atoms with Crippen LogP contribution in [0, 0.1) is 6.92 Å². The number of amides is 1. The lowest BCUT2D eigenvalue weighted by Gasteiger charge is -2.08. The maximum Gasteiger partial charge on any atom is 0.255 e. The highest BCUT2D eigenvalue weighted by Crippen LogP contribution is 2.23. The van der Waals surface area contributed by atoms with Crippen LogP contribution in [0.25, 0.3) is 11.3 Å². The topological polar surface area (TPSA) is 90.0 Å². The molecule has 8 nitrogen and oxygen atoms in total. The normalized spacial score (nSPS) is 11.0. The number of hydrogen-bond acceptors (Lipinski definition) is 6. The molecule has 3 aromatic heterocycles. The van der Waals surface area contributed by atoms with Crippen LogP contribution in [0.3, 0.4) is 0 Å². The second-order valence-electron chi connectivity index (χ2n) is 7.15. The number of aromatic nitrogens is 6. The number of rotatable bonds is 6. The van der Waals surface area contributed by atoms with Crippen molar-refractivity contribution >= 4 is 29.0 Å². The number of carbonyl (C=O) groups excluding carboxylic acids is 1. The molecule has 1 N–H and O–H groups in total. The Morgan fingerprint density at radius 3 is 2.72 bits per heavy atom. The van der Waals surface area contributed by atoms with Gasteiger partial charge in [0, 0.05) is 34.3 Å². The molecule has 0 fully saturated rings. The Bertz CT molecular complexity index is 1360. The first kappa shape index (κ1) is 20.0. The summed E-state index contributed by atoms with van der Waals surface area (Å²) >= 11 is 1.69. The monoisotopic (exact) mass is 441 g/mol. The lowest BCUT2D eigenvalue weighted by atomic mass is 10.2. The van der Waals surface area contributed by atoms with Crippen molar-refractivity contribution in [2.45, 2.75) is 17.6 Å². The SMILES string of the molecule is Cc1nnnn1-c1cccc(NC(=O)c2ccc(SCc3cn4ccccc4n3)cc2)c1. The molecule has 0 atom stereocenters. The summed E-state index contributed by atoms with van der Waals surface area (Å²) in [7, 11) is 0. The number of carbonyl (C=O) groups is 1. The number of anilines is 1. The minimum Gasteiger partial charge on any atom is -0.322 e. The Morgan fingerprint density at radius 1 is 1.06 bits per heavy atom. The van der Waals surface area contributed by atoms with Crippen LogP contribution in [-0.2, 0) is 5.75 Å². The average Bonchev–Trinajstić information content (AvgIpc) is 3.44.